The van der Waals surface area contributed by atoms with Gasteiger partial charge < -0.3 is 4.90 Å². The maximum Gasteiger partial charge on any atom is 0.265 e. The lowest BCUT2D eigenvalue weighted by molar-refractivity contribution is -0.0560. The van der Waals surface area contributed by atoms with Crippen LogP contribution < -0.4 is 0 Å². The van der Waals surface area contributed by atoms with Gasteiger partial charge in [0.05, 0.1) is 6.54 Å². The van der Waals surface area contributed by atoms with Crippen LogP contribution in [0.3, 0.4) is 0 Å². The number of halogens is 3. The van der Waals surface area contributed by atoms with Crippen LogP contribution in [0, 0.1) is 0 Å². The minimum atomic E-state index is -2.78. The summed E-state index contributed by atoms with van der Waals surface area (Å²) in [5.74, 6) is -3.11. The van der Waals surface area contributed by atoms with Crippen molar-refractivity contribution in [1.29, 1.82) is 0 Å². The second-order valence-corrected chi connectivity index (χ2v) is 6.18. The first-order valence-electron chi connectivity index (χ1n) is 6.82. The molecule has 1 aliphatic heterocycles. The Morgan fingerprint density at radius 1 is 1.19 bits per heavy atom. The van der Waals surface area contributed by atoms with Gasteiger partial charge in [-0.2, -0.15) is 0 Å². The summed E-state index contributed by atoms with van der Waals surface area (Å²) in [4.78, 5) is 13.9. The molecule has 2 aromatic carbocycles. The van der Waals surface area contributed by atoms with Crippen molar-refractivity contribution in [2.24, 2.45) is 0 Å². The predicted octanol–water partition coefficient (Wildman–Crippen LogP) is 4.47. The molecule has 21 heavy (non-hydrogen) atoms. The minimum absolute atomic E-state index is 0.143. The number of alkyl halides is 2. The summed E-state index contributed by atoms with van der Waals surface area (Å²) in [6.07, 6.45) is 0.195. The van der Waals surface area contributed by atoms with Crippen molar-refractivity contribution in [3.63, 3.8) is 0 Å². The molecule has 0 unspecified atom stereocenters. The number of piperidine rings is 1. The zero-order valence-electron chi connectivity index (χ0n) is 11.3. The second-order valence-electron chi connectivity index (χ2n) is 5.33. The normalized spacial score (nSPS) is 18.0. The number of carbonyl (C=O) groups is 1. The summed E-state index contributed by atoms with van der Waals surface area (Å²) in [6, 6.07) is 11.0. The van der Waals surface area contributed by atoms with Gasteiger partial charge in [-0.15, -0.1) is 0 Å². The summed E-state index contributed by atoms with van der Waals surface area (Å²) in [6.45, 7) is -0.109. The van der Waals surface area contributed by atoms with Crippen LogP contribution in [0.1, 0.15) is 23.2 Å². The van der Waals surface area contributed by atoms with Crippen LogP contribution in [-0.2, 0) is 0 Å². The molecule has 1 fully saturated rings. The van der Waals surface area contributed by atoms with Gasteiger partial charge in [0.1, 0.15) is 0 Å². The average molecular weight is 354 g/mol. The first kappa shape index (κ1) is 14.4. The summed E-state index contributed by atoms with van der Waals surface area (Å²) in [5, 5.41) is 1.69. The Balaban J connectivity index is 2.02. The Kier molecular flexibility index (Phi) is 3.69. The van der Waals surface area contributed by atoms with Gasteiger partial charge in [-0.05, 0) is 23.9 Å². The molecule has 0 N–H and O–H groups in total. The lowest BCUT2D eigenvalue weighted by atomic mass is 10.0. The molecule has 0 radical (unpaired) electrons. The molecule has 0 bridgehead atoms. The van der Waals surface area contributed by atoms with Gasteiger partial charge >= 0.3 is 0 Å². The van der Waals surface area contributed by atoms with E-state index in [1.165, 1.54) is 4.90 Å². The van der Waals surface area contributed by atoms with Crippen molar-refractivity contribution in [2.75, 3.05) is 13.1 Å². The molecule has 0 atom stereocenters. The lowest BCUT2D eigenvalue weighted by Crippen LogP contribution is -2.45. The van der Waals surface area contributed by atoms with Gasteiger partial charge in [-0.1, -0.05) is 40.2 Å². The minimum Gasteiger partial charge on any atom is -0.333 e. The van der Waals surface area contributed by atoms with E-state index in [1.54, 1.807) is 12.1 Å². The zero-order valence-corrected chi connectivity index (χ0v) is 12.9. The number of nitrogens with zero attached hydrogens (tertiary/aromatic N) is 1. The molecular formula is C16H14BrF2NO. The largest absolute Gasteiger partial charge is 0.333 e. The summed E-state index contributed by atoms with van der Waals surface area (Å²) >= 11 is 3.44. The topological polar surface area (TPSA) is 20.3 Å². The first-order chi connectivity index (χ1) is 9.98. The highest BCUT2D eigenvalue weighted by atomic mass is 79.9. The molecule has 3 rings (SSSR count). The highest BCUT2D eigenvalue weighted by Gasteiger charge is 2.37. The van der Waals surface area contributed by atoms with Gasteiger partial charge in [-0.25, -0.2) is 8.78 Å². The van der Waals surface area contributed by atoms with Crippen molar-refractivity contribution >= 4 is 32.6 Å². The number of likely N-dealkylation sites (tertiary alicyclic amines) is 1. The standard InChI is InChI=1S/C16H14BrF2NO/c17-13-7-2-5-11-4-1-6-12(14(11)13)15(21)20-9-3-8-16(18,19)10-20/h1-2,4-7H,3,8-10H2. The number of hydrogen-bond acceptors (Lipinski definition) is 1. The monoisotopic (exact) mass is 353 g/mol. The molecule has 2 nitrogen and oxygen atoms in total. The van der Waals surface area contributed by atoms with Gasteiger partial charge in [0.15, 0.2) is 0 Å². The molecule has 1 heterocycles. The van der Waals surface area contributed by atoms with E-state index < -0.39 is 12.5 Å². The van der Waals surface area contributed by atoms with Crippen LogP contribution in [0.25, 0.3) is 10.8 Å². The van der Waals surface area contributed by atoms with E-state index in [0.29, 0.717) is 18.5 Å². The van der Waals surface area contributed by atoms with Crippen LogP contribution in [0.2, 0.25) is 0 Å². The highest BCUT2D eigenvalue weighted by molar-refractivity contribution is 9.10. The van der Waals surface area contributed by atoms with Crippen LogP contribution in [0.15, 0.2) is 40.9 Å². The highest BCUT2D eigenvalue weighted by Crippen LogP contribution is 2.31. The molecule has 0 aromatic heterocycles. The SMILES string of the molecule is O=C(c1cccc2cccc(Br)c12)N1CCCC(F)(F)C1. The maximum absolute atomic E-state index is 13.5. The van der Waals surface area contributed by atoms with Gasteiger partial charge in [0.2, 0.25) is 0 Å². The van der Waals surface area contributed by atoms with Crippen molar-refractivity contribution in [2.45, 2.75) is 18.8 Å². The second kappa shape index (κ2) is 5.37. The third kappa shape index (κ3) is 2.79. The zero-order chi connectivity index (χ0) is 15.0. The number of benzene rings is 2. The van der Waals surface area contributed by atoms with Crippen LogP contribution in [0.4, 0.5) is 8.78 Å². The quantitative estimate of drug-likeness (QED) is 0.740. The molecule has 0 saturated carbocycles. The number of amides is 1. The first-order valence-corrected chi connectivity index (χ1v) is 7.62. The Morgan fingerprint density at radius 3 is 2.62 bits per heavy atom. The van der Waals surface area contributed by atoms with Crippen LogP contribution >= 0.6 is 15.9 Å². The number of rotatable bonds is 1. The van der Waals surface area contributed by atoms with E-state index in [9.17, 15) is 13.6 Å². The Labute approximate surface area is 129 Å². The fraction of sp³-hybridized carbons (Fsp3) is 0.312. The molecule has 1 saturated heterocycles. The van der Waals surface area contributed by atoms with Gasteiger partial charge in [0, 0.05) is 28.4 Å². The molecule has 0 aliphatic carbocycles. The van der Waals surface area contributed by atoms with Crippen molar-refractivity contribution < 1.29 is 13.6 Å². The van der Waals surface area contributed by atoms with Gasteiger partial charge in [-0.3, -0.25) is 4.79 Å². The molecule has 5 heteroatoms. The van der Waals surface area contributed by atoms with Crippen LogP contribution in [0.5, 0.6) is 0 Å². The van der Waals surface area contributed by atoms with E-state index in [4.69, 9.17) is 0 Å². The number of hydrogen-bond donors (Lipinski definition) is 0. The Morgan fingerprint density at radius 2 is 1.90 bits per heavy atom. The smallest absolute Gasteiger partial charge is 0.265 e. The third-order valence-electron chi connectivity index (χ3n) is 3.76. The Hall–Kier alpha value is -1.49. The molecule has 0 spiro atoms. The molecular weight excluding hydrogens is 340 g/mol. The predicted molar refractivity (Wildman–Crippen MR) is 81.7 cm³/mol. The van der Waals surface area contributed by atoms with E-state index >= 15 is 0 Å². The number of fused-ring (bicyclic) bond motifs is 1. The van der Waals surface area contributed by atoms with Gasteiger partial charge in [0.25, 0.3) is 11.8 Å². The van der Waals surface area contributed by atoms with Crippen molar-refractivity contribution in [1.82, 2.24) is 4.90 Å². The van der Waals surface area contributed by atoms with E-state index in [-0.39, 0.29) is 12.3 Å². The average Bonchev–Trinajstić information content (AvgIpc) is 2.45. The van der Waals surface area contributed by atoms with E-state index in [0.717, 1.165) is 15.2 Å². The molecule has 1 amide bonds. The fourth-order valence-electron chi connectivity index (χ4n) is 2.78. The maximum atomic E-state index is 13.5. The fourth-order valence-corrected chi connectivity index (χ4v) is 3.38. The summed E-state index contributed by atoms with van der Waals surface area (Å²) in [5.41, 5.74) is 0.470. The number of carbonyl (C=O) groups excluding carboxylic acids is 1. The summed E-state index contributed by atoms with van der Waals surface area (Å²) < 4.78 is 27.8. The third-order valence-corrected chi connectivity index (χ3v) is 4.43. The van der Waals surface area contributed by atoms with Crippen molar-refractivity contribution in [3.8, 4) is 0 Å². The molecule has 110 valence electrons. The van der Waals surface area contributed by atoms with Crippen molar-refractivity contribution in [3.05, 3.63) is 46.4 Å². The lowest BCUT2D eigenvalue weighted by Gasteiger charge is -2.32. The van der Waals surface area contributed by atoms with E-state index in [2.05, 4.69) is 15.9 Å². The summed E-state index contributed by atoms with van der Waals surface area (Å²) in [7, 11) is 0. The van der Waals surface area contributed by atoms with Crippen LogP contribution in [-0.4, -0.2) is 29.8 Å². The Bertz CT molecular complexity index is 696. The van der Waals surface area contributed by atoms with E-state index in [1.807, 2.05) is 24.3 Å². The molecule has 2 aromatic rings. The molecule has 1 aliphatic rings.